The lowest BCUT2D eigenvalue weighted by atomic mass is 10.1. The Hall–Kier alpha value is -1.76. The molecule has 7 heteroatoms. The molecular formula is C17H22BrNO5. The zero-order chi connectivity index (χ0) is 17.5. The van der Waals surface area contributed by atoms with Crippen LogP contribution in [-0.4, -0.2) is 38.7 Å². The summed E-state index contributed by atoms with van der Waals surface area (Å²) in [5.41, 5.74) is 0.703. The molecule has 0 bridgehead atoms. The molecule has 1 amide bonds. The van der Waals surface area contributed by atoms with Crippen molar-refractivity contribution in [3.05, 3.63) is 22.2 Å². The van der Waals surface area contributed by atoms with Crippen LogP contribution in [0.2, 0.25) is 0 Å². The monoisotopic (exact) mass is 399 g/mol. The number of nitrogens with one attached hydrogen (secondary N) is 1. The zero-order valence-electron chi connectivity index (χ0n) is 13.9. The molecule has 1 N–H and O–H groups in total. The van der Waals surface area contributed by atoms with E-state index in [-0.39, 0.29) is 25.0 Å². The van der Waals surface area contributed by atoms with E-state index in [1.807, 2.05) is 0 Å². The molecule has 1 aliphatic rings. The summed E-state index contributed by atoms with van der Waals surface area (Å²) in [5, 5.41) is 2.88. The Balaban J connectivity index is 1.86. The molecule has 0 radical (unpaired) electrons. The summed E-state index contributed by atoms with van der Waals surface area (Å²) in [4.78, 5) is 23.7. The van der Waals surface area contributed by atoms with Crippen molar-refractivity contribution < 1.29 is 23.8 Å². The van der Waals surface area contributed by atoms with Crippen LogP contribution in [0.4, 0.5) is 0 Å². The van der Waals surface area contributed by atoms with Crippen LogP contribution in [0.5, 0.6) is 11.5 Å². The zero-order valence-corrected chi connectivity index (χ0v) is 15.5. The SMILES string of the molecule is COc1cc(Br)c(CC(=O)OCC(=O)NC2CCCC2)cc1OC. The highest BCUT2D eigenvalue weighted by molar-refractivity contribution is 9.10. The topological polar surface area (TPSA) is 73.9 Å². The van der Waals surface area contributed by atoms with E-state index < -0.39 is 5.97 Å². The molecule has 0 aliphatic heterocycles. The van der Waals surface area contributed by atoms with Crippen molar-refractivity contribution >= 4 is 27.8 Å². The Kier molecular flexibility index (Phi) is 6.90. The number of methoxy groups -OCH3 is 2. The first kappa shape index (κ1) is 18.6. The van der Waals surface area contributed by atoms with Gasteiger partial charge >= 0.3 is 5.97 Å². The summed E-state index contributed by atoms with van der Waals surface area (Å²) in [6, 6.07) is 3.66. The first-order chi connectivity index (χ1) is 11.5. The van der Waals surface area contributed by atoms with Crippen LogP contribution in [0, 0.1) is 0 Å². The lowest BCUT2D eigenvalue weighted by Crippen LogP contribution is -2.36. The first-order valence-electron chi connectivity index (χ1n) is 7.89. The van der Waals surface area contributed by atoms with E-state index in [2.05, 4.69) is 21.2 Å². The largest absolute Gasteiger partial charge is 0.493 e. The Morgan fingerprint density at radius 2 is 1.79 bits per heavy atom. The second-order valence-electron chi connectivity index (χ2n) is 5.68. The van der Waals surface area contributed by atoms with Gasteiger partial charge in [0.25, 0.3) is 5.91 Å². The normalized spacial score (nSPS) is 14.3. The van der Waals surface area contributed by atoms with Gasteiger partial charge < -0.3 is 19.5 Å². The van der Waals surface area contributed by atoms with Crippen molar-refractivity contribution in [1.82, 2.24) is 5.32 Å². The minimum atomic E-state index is -0.468. The molecule has 0 aromatic heterocycles. The van der Waals surface area contributed by atoms with Crippen LogP contribution < -0.4 is 14.8 Å². The molecule has 6 nitrogen and oxygen atoms in total. The van der Waals surface area contributed by atoms with E-state index >= 15 is 0 Å². The summed E-state index contributed by atoms with van der Waals surface area (Å²) in [5.74, 6) is 0.381. The minimum Gasteiger partial charge on any atom is -0.493 e. The van der Waals surface area contributed by atoms with Gasteiger partial charge in [-0.1, -0.05) is 28.8 Å². The fraction of sp³-hybridized carbons (Fsp3) is 0.529. The molecule has 24 heavy (non-hydrogen) atoms. The number of carbonyl (C=O) groups excluding carboxylic acids is 2. The fourth-order valence-corrected chi connectivity index (χ4v) is 3.19. The molecular weight excluding hydrogens is 378 g/mol. The molecule has 1 fully saturated rings. The summed E-state index contributed by atoms with van der Waals surface area (Å²) in [6.07, 6.45) is 4.31. The van der Waals surface area contributed by atoms with Crippen LogP contribution >= 0.6 is 15.9 Å². The van der Waals surface area contributed by atoms with Crippen LogP contribution in [0.15, 0.2) is 16.6 Å². The third-order valence-electron chi connectivity index (χ3n) is 3.97. The van der Waals surface area contributed by atoms with Gasteiger partial charge in [-0.2, -0.15) is 0 Å². The highest BCUT2D eigenvalue weighted by Gasteiger charge is 2.18. The van der Waals surface area contributed by atoms with E-state index in [0.29, 0.717) is 21.5 Å². The van der Waals surface area contributed by atoms with E-state index in [1.165, 1.54) is 7.11 Å². The summed E-state index contributed by atoms with van der Waals surface area (Å²) >= 11 is 3.40. The van der Waals surface area contributed by atoms with Crippen LogP contribution in [0.25, 0.3) is 0 Å². The summed E-state index contributed by atoms with van der Waals surface area (Å²) in [6.45, 7) is -0.250. The van der Waals surface area contributed by atoms with Gasteiger partial charge in [0.2, 0.25) is 0 Å². The molecule has 0 spiro atoms. The van der Waals surface area contributed by atoms with Gasteiger partial charge in [-0.15, -0.1) is 0 Å². The van der Waals surface area contributed by atoms with Gasteiger partial charge in [-0.3, -0.25) is 9.59 Å². The highest BCUT2D eigenvalue weighted by Crippen LogP contribution is 2.33. The van der Waals surface area contributed by atoms with Gasteiger partial charge in [-0.25, -0.2) is 0 Å². The number of halogens is 1. The van der Waals surface area contributed by atoms with Crippen LogP contribution in [0.1, 0.15) is 31.2 Å². The molecule has 132 valence electrons. The molecule has 2 rings (SSSR count). The van der Waals surface area contributed by atoms with Crippen LogP contribution in [-0.2, 0) is 20.7 Å². The highest BCUT2D eigenvalue weighted by atomic mass is 79.9. The number of rotatable bonds is 7. The number of carbonyl (C=O) groups is 2. The predicted octanol–water partition coefficient (Wildman–Crippen LogP) is 2.61. The average molecular weight is 400 g/mol. The molecule has 1 saturated carbocycles. The number of amides is 1. The number of ether oxygens (including phenoxy) is 3. The Morgan fingerprint density at radius 3 is 2.42 bits per heavy atom. The standard InChI is InChI=1S/C17H22BrNO5/c1-22-14-7-11(13(18)9-15(14)23-2)8-17(21)24-10-16(20)19-12-5-3-4-6-12/h7,9,12H,3-6,8,10H2,1-2H3,(H,19,20). The van der Waals surface area contributed by atoms with E-state index in [0.717, 1.165) is 25.7 Å². The quantitative estimate of drug-likeness (QED) is 0.713. The summed E-state index contributed by atoms with van der Waals surface area (Å²) < 4.78 is 16.2. The van der Waals surface area contributed by atoms with Gasteiger partial charge in [0.15, 0.2) is 18.1 Å². The molecule has 0 heterocycles. The van der Waals surface area contributed by atoms with Gasteiger partial charge in [0.05, 0.1) is 20.6 Å². The molecule has 0 saturated heterocycles. The average Bonchev–Trinajstić information content (AvgIpc) is 3.07. The Morgan fingerprint density at radius 1 is 1.17 bits per heavy atom. The maximum atomic E-state index is 12.0. The van der Waals surface area contributed by atoms with Gasteiger partial charge in [0, 0.05) is 10.5 Å². The molecule has 1 aromatic rings. The smallest absolute Gasteiger partial charge is 0.310 e. The predicted molar refractivity (Wildman–Crippen MR) is 92.3 cm³/mol. The number of hydrogen-bond acceptors (Lipinski definition) is 5. The first-order valence-corrected chi connectivity index (χ1v) is 8.68. The molecule has 0 atom stereocenters. The molecule has 1 aliphatic carbocycles. The number of hydrogen-bond donors (Lipinski definition) is 1. The summed E-state index contributed by atoms with van der Waals surface area (Å²) in [7, 11) is 3.07. The number of esters is 1. The third kappa shape index (κ3) is 5.12. The lowest BCUT2D eigenvalue weighted by Gasteiger charge is -2.13. The maximum absolute atomic E-state index is 12.0. The second kappa shape index (κ2) is 8.92. The van der Waals surface area contributed by atoms with Crippen molar-refractivity contribution in [3.63, 3.8) is 0 Å². The van der Waals surface area contributed by atoms with Crippen LogP contribution in [0.3, 0.4) is 0 Å². The Bertz CT molecular complexity index is 599. The molecule has 1 aromatic carbocycles. The van der Waals surface area contributed by atoms with E-state index in [1.54, 1.807) is 19.2 Å². The lowest BCUT2D eigenvalue weighted by molar-refractivity contribution is -0.148. The molecule has 0 unspecified atom stereocenters. The maximum Gasteiger partial charge on any atom is 0.310 e. The van der Waals surface area contributed by atoms with Crippen molar-refractivity contribution in [3.8, 4) is 11.5 Å². The third-order valence-corrected chi connectivity index (χ3v) is 4.71. The van der Waals surface area contributed by atoms with Crippen molar-refractivity contribution in [2.24, 2.45) is 0 Å². The van der Waals surface area contributed by atoms with E-state index in [4.69, 9.17) is 14.2 Å². The fourth-order valence-electron chi connectivity index (χ4n) is 2.72. The van der Waals surface area contributed by atoms with Gasteiger partial charge in [0.1, 0.15) is 0 Å². The number of benzene rings is 1. The minimum absolute atomic E-state index is 0.0393. The Labute approximate surface area is 150 Å². The van der Waals surface area contributed by atoms with Crippen molar-refractivity contribution in [2.75, 3.05) is 20.8 Å². The second-order valence-corrected chi connectivity index (χ2v) is 6.54. The van der Waals surface area contributed by atoms with Crippen molar-refractivity contribution in [2.45, 2.75) is 38.1 Å². The van der Waals surface area contributed by atoms with Crippen molar-refractivity contribution in [1.29, 1.82) is 0 Å². The van der Waals surface area contributed by atoms with E-state index in [9.17, 15) is 9.59 Å². The van der Waals surface area contributed by atoms with Gasteiger partial charge in [-0.05, 0) is 30.5 Å².